The van der Waals surface area contributed by atoms with Crippen molar-refractivity contribution in [1.29, 1.82) is 0 Å². The molecule has 0 fully saturated rings. The van der Waals surface area contributed by atoms with Crippen LogP contribution in [0.15, 0.2) is 61.4 Å². The van der Waals surface area contributed by atoms with E-state index in [-0.39, 0.29) is 5.91 Å². The number of benzene rings is 1. The molecule has 2 aromatic heterocycles. The lowest BCUT2D eigenvalue weighted by Gasteiger charge is -2.06. The summed E-state index contributed by atoms with van der Waals surface area (Å²) in [6.07, 6.45) is 8.67. The van der Waals surface area contributed by atoms with Gasteiger partial charge in [0.1, 0.15) is 24.3 Å². The van der Waals surface area contributed by atoms with Gasteiger partial charge in [0.15, 0.2) is 0 Å². The Morgan fingerprint density at radius 3 is 2.83 bits per heavy atom. The molecule has 3 rings (SSSR count). The second-order valence-corrected chi connectivity index (χ2v) is 5.12. The zero-order valence-electron chi connectivity index (χ0n) is 12.6. The molecule has 6 heteroatoms. The van der Waals surface area contributed by atoms with Crippen molar-refractivity contribution in [2.45, 2.75) is 19.3 Å². The largest absolute Gasteiger partial charge is 0.311 e. The zero-order chi connectivity index (χ0) is 15.9. The van der Waals surface area contributed by atoms with Crippen LogP contribution in [0.2, 0.25) is 0 Å². The van der Waals surface area contributed by atoms with Gasteiger partial charge in [0.2, 0.25) is 5.91 Å². The summed E-state index contributed by atoms with van der Waals surface area (Å²) in [6, 6.07) is 11.9. The van der Waals surface area contributed by atoms with Crippen LogP contribution in [0.5, 0.6) is 0 Å². The fourth-order valence-corrected chi connectivity index (χ4v) is 2.25. The lowest BCUT2D eigenvalue weighted by Crippen LogP contribution is -2.13. The molecule has 1 N–H and O–H groups in total. The van der Waals surface area contributed by atoms with Gasteiger partial charge in [-0.2, -0.15) is 0 Å². The van der Waals surface area contributed by atoms with Gasteiger partial charge in [-0.05, 0) is 18.4 Å². The van der Waals surface area contributed by atoms with Crippen LogP contribution in [0.3, 0.4) is 0 Å². The minimum absolute atomic E-state index is 0.0452. The summed E-state index contributed by atoms with van der Waals surface area (Å²) in [7, 11) is 0. The van der Waals surface area contributed by atoms with Crippen LogP contribution in [0, 0.1) is 0 Å². The summed E-state index contributed by atoms with van der Waals surface area (Å²) < 4.78 is 1.76. The number of aryl methyl sites for hydroxylation is 1. The highest BCUT2D eigenvalue weighted by Gasteiger charge is 2.06. The van der Waals surface area contributed by atoms with Gasteiger partial charge in [0, 0.05) is 24.9 Å². The standard InChI is InChI=1S/C17H17N5O/c23-17(8-4-7-14-5-2-1-3-6-14)21-15-11-16(20-12-19-15)22-10-9-18-13-22/h1-3,5-6,9-13H,4,7-8H2,(H,19,20,21,23). The number of nitrogens with one attached hydrogen (secondary N) is 1. The Kier molecular flexibility index (Phi) is 4.73. The van der Waals surface area contributed by atoms with Gasteiger partial charge in [0.05, 0.1) is 0 Å². The number of carbonyl (C=O) groups excluding carboxylic acids is 1. The van der Waals surface area contributed by atoms with Crippen LogP contribution >= 0.6 is 0 Å². The van der Waals surface area contributed by atoms with Crippen molar-refractivity contribution in [3.63, 3.8) is 0 Å². The number of aromatic nitrogens is 4. The summed E-state index contributed by atoms with van der Waals surface area (Å²) in [5.74, 6) is 1.11. The van der Waals surface area contributed by atoms with Crippen molar-refractivity contribution < 1.29 is 4.79 Å². The maximum absolute atomic E-state index is 12.0. The number of hydrogen-bond acceptors (Lipinski definition) is 4. The molecule has 116 valence electrons. The van der Waals surface area contributed by atoms with Gasteiger partial charge in [-0.25, -0.2) is 15.0 Å². The van der Waals surface area contributed by atoms with Gasteiger partial charge in [-0.15, -0.1) is 0 Å². The Hall–Kier alpha value is -3.02. The summed E-state index contributed by atoms with van der Waals surface area (Å²) in [6.45, 7) is 0. The Bertz CT molecular complexity index is 756. The number of carbonyl (C=O) groups is 1. The van der Waals surface area contributed by atoms with Crippen LogP contribution in [0.1, 0.15) is 18.4 Å². The van der Waals surface area contributed by atoms with Crippen molar-refractivity contribution in [3.8, 4) is 5.82 Å². The Morgan fingerprint density at radius 1 is 1.17 bits per heavy atom. The molecular formula is C17H17N5O. The highest BCUT2D eigenvalue weighted by molar-refractivity contribution is 5.89. The molecule has 3 aromatic rings. The van der Waals surface area contributed by atoms with Crippen LogP contribution in [-0.4, -0.2) is 25.4 Å². The van der Waals surface area contributed by atoms with Crippen LogP contribution in [0.25, 0.3) is 5.82 Å². The molecule has 0 atom stereocenters. The lowest BCUT2D eigenvalue weighted by atomic mass is 10.1. The Labute approximate surface area is 134 Å². The third-order valence-electron chi connectivity index (χ3n) is 3.40. The SMILES string of the molecule is O=C(CCCc1ccccc1)Nc1cc(-n2ccnc2)ncn1. The van der Waals surface area contributed by atoms with Gasteiger partial charge < -0.3 is 5.32 Å². The maximum Gasteiger partial charge on any atom is 0.225 e. The highest BCUT2D eigenvalue weighted by atomic mass is 16.1. The average molecular weight is 307 g/mol. The molecule has 23 heavy (non-hydrogen) atoms. The topological polar surface area (TPSA) is 72.7 Å². The van der Waals surface area contributed by atoms with E-state index in [1.54, 1.807) is 29.4 Å². The smallest absolute Gasteiger partial charge is 0.225 e. The first kappa shape index (κ1) is 14.9. The minimum atomic E-state index is -0.0452. The number of anilines is 1. The van der Waals surface area contributed by atoms with E-state index in [1.165, 1.54) is 11.9 Å². The third-order valence-corrected chi connectivity index (χ3v) is 3.40. The van der Waals surface area contributed by atoms with Crippen LogP contribution in [-0.2, 0) is 11.2 Å². The summed E-state index contributed by atoms with van der Waals surface area (Å²) in [5, 5.41) is 2.81. The molecule has 0 saturated heterocycles. The monoisotopic (exact) mass is 307 g/mol. The molecule has 0 radical (unpaired) electrons. The summed E-state index contributed by atoms with van der Waals surface area (Å²) in [4.78, 5) is 24.2. The molecule has 0 bridgehead atoms. The van der Waals surface area contributed by atoms with E-state index < -0.39 is 0 Å². The highest BCUT2D eigenvalue weighted by Crippen LogP contribution is 2.10. The second-order valence-electron chi connectivity index (χ2n) is 5.12. The molecule has 0 aliphatic rings. The lowest BCUT2D eigenvalue weighted by molar-refractivity contribution is -0.116. The van der Waals surface area contributed by atoms with Crippen LogP contribution < -0.4 is 5.32 Å². The van der Waals surface area contributed by atoms with Crippen molar-refractivity contribution in [2.24, 2.45) is 0 Å². The van der Waals surface area contributed by atoms with Crippen molar-refractivity contribution in [3.05, 3.63) is 67.0 Å². The van der Waals surface area contributed by atoms with Gasteiger partial charge >= 0.3 is 0 Å². The van der Waals surface area contributed by atoms with E-state index in [4.69, 9.17) is 0 Å². The predicted molar refractivity (Wildman–Crippen MR) is 87.2 cm³/mol. The molecule has 1 aromatic carbocycles. The zero-order valence-corrected chi connectivity index (χ0v) is 12.6. The van der Waals surface area contributed by atoms with Crippen LogP contribution in [0.4, 0.5) is 5.82 Å². The number of rotatable bonds is 6. The number of amides is 1. The quantitative estimate of drug-likeness (QED) is 0.760. The molecular weight excluding hydrogens is 290 g/mol. The van der Waals surface area contributed by atoms with Gasteiger partial charge in [0.25, 0.3) is 0 Å². The number of hydrogen-bond donors (Lipinski definition) is 1. The predicted octanol–water partition coefficient (Wildman–Crippen LogP) is 2.62. The molecule has 0 aliphatic carbocycles. The third kappa shape index (κ3) is 4.23. The summed E-state index contributed by atoms with van der Waals surface area (Å²) >= 11 is 0. The van der Waals surface area contributed by atoms with Crippen molar-refractivity contribution >= 4 is 11.7 Å². The normalized spacial score (nSPS) is 10.4. The first-order chi connectivity index (χ1) is 11.3. The molecule has 0 spiro atoms. The van der Waals surface area contributed by atoms with Crippen molar-refractivity contribution in [1.82, 2.24) is 19.5 Å². The second kappa shape index (κ2) is 7.31. The molecule has 0 unspecified atom stereocenters. The summed E-state index contributed by atoms with van der Waals surface area (Å²) in [5.41, 5.74) is 1.24. The van der Waals surface area contributed by atoms with Gasteiger partial charge in [-0.1, -0.05) is 30.3 Å². The van der Waals surface area contributed by atoms with Gasteiger partial charge in [-0.3, -0.25) is 9.36 Å². The Balaban J connectivity index is 1.53. The maximum atomic E-state index is 12.0. The molecule has 0 saturated carbocycles. The van der Waals surface area contributed by atoms with Crippen molar-refractivity contribution in [2.75, 3.05) is 5.32 Å². The Morgan fingerprint density at radius 2 is 2.04 bits per heavy atom. The number of imidazole rings is 1. The van der Waals surface area contributed by atoms with E-state index >= 15 is 0 Å². The molecule has 0 aliphatic heterocycles. The number of nitrogens with zero attached hydrogens (tertiary/aromatic N) is 4. The van der Waals surface area contributed by atoms with E-state index in [2.05, 4.69) is 32.4 Å². The minimum Gasteiger partial charge on any atom is -0.311 e. The first-order valence-electron chi connectivity index (χ1n) is 7.45. The average Bonchev–Trinajstić information content (AvgIpc) is 3.11. The first-order valence-corrected chi connectivity index (χ1v) is 7.45. The van der Waals surface area contributed by atoms with E-state index in [9.17, 15) is 4.79 Å². The fourth-order valence-electron chi connectivity index (χ4n) is 2.25. The molecule has 6 nitrogen and oxygen atoms in total. The van der Waals surface area contributed by atoms with E-state index in [1.807, 2.05) is 18.2 Å². The molecule has 1 amide bonds. The van der Waals surface area contributed by atoms with E-state index in [0.29, 0.717) is 18.1 Å². The van der Waals surface area contributed by atoms with E-state index in [0.717, 1.165) is 12.8 Å². The fraction of sp³-hybridized carbons (Fsp3) is 0.176. The molecule has 2 heterocycles.